The van der Waals surface area contributed by atoms with E-state index in [4.69, 9.17) is 19.7 Å². The fourth-order valence-corrected chi connectivity index (χ4v) is 5.07. The lowest BCUT2D eigenvalue weighted by molar-refractivity contribution is 0.201. The van der Waals surface area contributed by atoms with Crippen molar-refractivity contribution in [1.29, 1.82) is 0 Å². The second-order valence-electron chi connectivity index (χ2n) is 10.3. The van der Waals surface area contributed by atoms with Crippen LogP contribution in [0.3, 0.4) is 0 Å². The standard InChI is InChI=1S/C37H37NO4/c1-27-3-13-32(14-4-27)38(33-15-5-28(2)6-16-33)34-17-7-29(8-18-34)37(30-9-19-35(20-10-30)41-25-23-39)31-11-21-36(22-12-31)42-26-24-40/h3-22,37,39-40H,23-26H2,1-2H3. The predicted molar refractivity (Wildman–Crippen MR) is 170 cm³/mol. The maximum Gasteiger partial charge on any atom is 0.119 e. The van der Waals surface area contributed by atoms with Crippen LogP contribution in [-0.4, -0.2) is 36.6 Å². The van der Waals surface area contributed by atoms with Crippen LogP contribution in [0.5, 0.6) is 11.5 Å². The average Bonchev–Trinajstić information content (AvgIpc) is 3.03. The van der Waals surface area contributed by atoms with E-state index < -0.39 is 0 Å². The van der Waals surface area contributed by atoms with Crippen molar-refractivity contribution in [2.24, 2.45) is 0 Å². The van der Waals surface area contributed by atoms with E-state index in [0.29, 0.717) is 0 Å². The zero-order valence-corrected chi connectivity index (χ0v) is 24.1. The van der Waals surface area contributed by atoms with Crippen molar-refractivity contribution in [3.05, 3.63) is 149 Å². The fourth-order valence-electron chi connectivity index (χ4n) is 5.07. The molecule has 5 aromatic rings. The molecular weight excluding hydrogens is 522 g/mol. The number of nitrogens with zero attached hydrogens (tertiary/aromatic N) is 1. The molecule has 5 aromatic carbocycles. The minimum atomic E-state index is -0.0242. The first-order valence-electron chi connectivity index (χ1n) is 14.3. The third-order valence-corrected chi connectivity index (χ3v) is 7.22. The van der Waals surface area contributed by atoms with E-state index in [1.165, 1.54) is 11.1 Å². The van der Waals surface area contributed by atoms with Crippen molar-refractivity contribution < 1.29 is 19.7 Å². The Morgan fingerprint density at radius 3 is 1.12 bits per heavy atom. The molecule has 0 aliphatic heterocycles. The summed E-state index contributed by atoms with van der Waals surface area (Å²) in [6.07, 6.45) is 0. The molecule has 0 fully saturated rings. The van der Waals surface area contributed by atoms with Gasteiger partial charge in [-0.3, -0.25) is 0 Å². The van der Waals surface area contributed by atoms with E-state index in [9.17, 15) is 0 Å². The van der Waals surface area contributed by atoms with Crippen LogP contribution < -0.4 is 14.4 Å². The summed E-state index contributed by atoms with van der Waals surface area (Å²) in [6.45, 7) is 4.68. The maximum atomic E-state index is 9.12. The zero-order valence-electron chi connectivity index (χ0n) is 24.1. The zero-order chi connectivity index (χ0) is 29.3. The van der Waals surface area contributed by atoms with Crippen molar-refractivity contribution >= 4 is 17.1 Å². The molecule has 0 unspecified atom stereocenters. The van der Waals surface area contributed by atoms with Gasteiger partial charge >= 0.3 is 0 Å². The molecule has 5 nitrogen and oxygen atoms in total. The number of rotatable bonds is 12. The number of benzene rings is 5. The van der Waals surface area contributed by atoms with Gasteiger partial charge < -0.3 is 24.6 Å². The highest BCUT2D eigenvalue weighted by molar-refractivity contribution is 5.76. The molecule has 0 saturated heterocycles. The molecule has 0 atom stereocenters. The van der Waals surface area contributed by atoms with Gasteiger partial charge in [0.05, 0.1) is 13.2 Å². The van der Waals surface area contributed by atoms with Crippen LogP contribution in [0.4, 0.5) is 17.1 Å². The minimum absolute atomic E-state index is 0.0231. The van der Waals surface area contributed by atoms with Gasteiger partial charge in [-0.25, -0.2) is 0 Å². The van der Waals surface area contributed by atoms with Crippen LogP contribution in [0.15, 0.2) is 121 Å². The maximum absolute atomic E-state index is 9.12. The first-order valence-corrected chi connectivity index (χ1v) is 14.3. The minimum Gasteiger partial charge on any atom is -0.491 e. The van der Waals surface area contributed by atoms with Gasteiger partial charge in [0.2, 0.25) is 0 Å². The molecule has 2 N–H and O–H groups in total. The number of ether oxygens (including phenoxy) is 2. The summed E-state index contributed by atoms with van der Waals surface area (Å²) in [5, 5.41) is 18.2. The van der Waals surface area contributed by atoms with Gasteiger partial charge in [0, 0.05) is 23.0 Å². The first-order chi connectivity index (χ1) is 20.6. The molecule has 5 heteroatoms. The fraction of sp³-hybridized carbons (Fsp3) is 0.189. The highest BCUT2D eigenvalue weighted by atomic mass is 16.5. The van der Waals surface area contributed by atoms with E-state index in [-0.39, 0.29) is 32.3 Å². The third kappa shape index (κ3) is 7.00. The van der Waals surface area contributed by atoms with Crippen LogP contribution >= 0.6 is 0 Å². The van der Waals surface area contributed by atoms with E-state index in [0.717, 1.165) is 45.3 Å². The monoisotopic (exact) mass is 559 g/mol. The molecule has 0 heterocycles. The number of aliphatic hydroxyl groups is 2. The molecule has 5 rings (SSSR count). The Balaban J connectivity index is 1.52. The summed E-state index contributed by atoms with van der Waals surface area (Å²) in [7, 11) is 0. The smallest absolute Gasteiger partial charge is 0.119 e. The van der Waals surface area contributed by atoms with Gasteiger partial charge in [0.15, 0.2) is 0 Å². The topological polar surface area (TPSA) is 62.2 Å². The molecule has 42 heavy (non-hydrogen) atoms. The summed E-state index contributed by atoms with van der Waals surface area (Å²) in [5.74, 6) is 1.42. The number of anilines is 3. The van der Waals surface area contributed by atoms with Gasteiger partial charge in [0.1, 0.15) is 24.7 Å². The number of aliphatic hydroxyl groups excluding tert-OH is 2. The molecule has 0 spiro atoms. The van der Waals surface area contributed by atoms with E-state index in [1.807, 2.05) is 24.3 Å². The average molecular weight is 560 g/mol. The number of hydrogen-bond donors (Lipinski definition) is 2. The summed E-state index contributed by atoms with van der Waals surface area (Å²) in [5.41, 5.74) is 9.12. The van der Waals surface area contributed by atoms with Crippen molar-refractivity contribution in [3.8, 4) is 11.5 Å². The Kier molecular flexibility index (Phi) is 9.55. The predicted octanol–water partition coefficient (Wildman–Crippen LogP) is 7.70. The van der Waals surface area contributed by atoms with Crippen LogP contribution in [0.2, 0.25) is 0 Å². The van der Waals surface area contributed by atoms with Crippen LogP contribution in [0, 0.1) is 13.8 Å². The number of hydrogen-bond acceptors (Lipinski definition) is 5. The lowest BCUT2D eigenvalue weighted by Crippen LogP contribution is -2.10. The van der Waals surface area contributed by atoms with Crippen molar-refractivity contribution in [3.63, 3.8) is 0 Å². The molecule has 214 valence electrons. The third-order valence-electron chi connectivity index (χ3n) is 7.22. The molecule has 0 aliphatic rings. The van der Waals surface area contributed by atoms with Crippen LogP contribution in [0.1, 0.15) is 33.7 Å². The highest BCUT2D eigenvalue weighted by Crippen LogP contribution is 2.38. The van der Waals surface area contributed by atoms with Crippen molar-refractivity contribution in [2.45, 2.75) is 19.8 Å². The molecule has 0 radical (unpaired) electrons. The summed E-state index contributed by atoms with van der Waals surface area (Å²) < 4.78 is 11.2. The van der Waals surface area contributed by atoms with Crippen LogP contribution in [0.25, 0.3) is 0 Å². The Morgan fingerprint density at radius 2 is 0.786 bits per heavy atom. The highest BCUT2D eigenvalue weighted by Gasteiger charge is 2.19. The van der Waals surface area contributed by atoms with Gasteiger partial charge in [-0.2, -0.15) is 0 Å². The molecule has 0 saturated carbocycles. The summed E-state index contributed by atoms with van der Waals surface area (Å²) >= 11 is 0. The SMILES string of the molecule is Cc1ccc(N(c2ccc(C)cc2)c2ccc(C(c3ccc(OCCO)cc3)c3ccc(OCCO)cc3)cc2)cc1. The second-order valence-corrected chi connectivity index (χ2v) is 10.3. The van der Waals surface area contributed by atoms with E-state index in [2.05, 4.69) is 116 Å². The second kappa shape index (κ2) is 13.9. The Morgan fingerprint density at radius 1 is 0.476 bits per heavy atom. The lowest BCUT2D eigenvalue weighted by atomic mass is 9.85. The summed E-state index contributed by atoms with van der Waals surface area (Å²) in [4.78, 5) is 2.28. The first kappa shape index (κ1) is 28.9. The normalized spacial score (nSPS) is 11.0. The Bertz CT molecular complexity index is 1430. The quantitative estimate of drug-likeness (QED) is 0.153. The Labute approximate surface area is 248 Å². The van der Waals surface area contributed by atoms with E-state index >= 15 is 0 Å². The molecule has 0 aromatic heterocycles. The van der Waals surface area contributed by atoms with Crippen molar-refractivity contribution in [1.82, 2.24) is 0 Å². The van der Waals surface area contributed by atoms with Gasteiger partial charge in [-0.15, -0.1) is 0 Å². The molecule has 0 aliphatic carbocycles. The molecular formula is C37H37NO4. The summed E-state index contributed by atoms with van der Waals surface area (Å²) in [6, 6.07) is 42.0. The van der Waals surface area contributed by atoms with Gasteiger partial charge in [-0.1, -0.05) is 71.8 Å². The van der Waals surface area contributed by atoms with Gasteiger partial charge in [0.25, 0.3) is 0 Å². The number of aryl methyl sites for hydroxylation is 2. The van der Waals surface area contributed by atoms with Gasteiger partial charge in [-0.05, 0) is 91.2 Å². The largest absolute Gasteiger partial charge is 0.491 e. The van der Waals surface area contributed by atoms with Crippen LogP contribution in [-0.2, 0) is 0 Å². The Hall–Kier alpha value is -4.58. The lowest BCUT2D eigenvalue weighted by Gasteiger charge is -2.27. The molecule has 0 amide bonds. The molecule has 0 bridgehead atoms. The van der Waals surface area contributed by atoms with Crippen molar-refractivity contribution in [2.75, 3.05) is 31.3 Å². The van der Waals surface area contributed by atoms with E-state index in [1.54, 1.807) is 0 Å².